The van der Waals surface area contributed by atoms with Crippen LogP contribution >= 0.6 is 22.9 Å². The zero-order valence-electron chi connectivity index (χ0n) is 12.0. The van der Waals surface area contributed by atoms with E-state index in [4.69, 9.17) is 11.6 Å². The van der Waals surface area contributed by atoms with E-state index >= 15 is 0 Å². The summed E-state index contributed by atoms with van der Waals surface area (Å²) in [5.74, 6) is 1.07. The Balaban J connectivity index is 2.06. The van der Waals surface area contributed by atoms with Gasteiger partial charge in [-0.1, -0.05) is 37.6 Å². The number of nitrogens with one attached hydrogen (secondary N) is 1. The van der Waals surface area contributed by atoms with Gasteiger partial charge in [0.25, 0.3) is 0 Å². The van der Waals surface area contributed by atoms with Gasteiger partial charge in [0.15, 0.2) is 0 Å². The number of nitrogens with zero attached hydrogens (tertiary/aromatic N) is 1. The van der Waals surface area contributed by atoms with E-state index in [1.165, 1.54) is 5.56 Å². The van der Waals surface area contributed by atoms with Gasteiger partial charge in [0.2, 0.25) is 0 Å². The number of halogens is 1. The maximum Gasteiger partial charge on any atom is 0.0794 e. The highest BCUT2D eigenvalue weighted by Gasteiger charge is 2.14. The van der Waals surface area contributed by atoms with Crippen LogP contribution in [0.5, 0.6) is 0 Å². The molecule has 0 saturated carbocycles. The molecule has 0 aliphatic rings. The molecule has 1 aromatic carbocycles. The van der Waals surface area contributed by atoms with Crippen LogP contribution < -0.4 is 5.32 Å². The summed E-state index contributed by atoms with van der Waals surface area (Å²) in [6, 6.07) is 8.16. The van der Waals surface area contributed by atoms with Crippen LogP contribution in [0.25, 0.3) is 0 Å². The number of hydrogen-bond acceptors (Lipinski definition) is 3. The van der Waals surface area contributed by atoms with E-state index in [2.05, 4.69) is 41.7 Å². The summed E-state index contributed by atoms with van der Waals surface area (Å²) in [6.45, 7) is 6.44. The predicted molar refractivity (Wildman–Crippen MR) is 87.7 cm³/mol. The fourth-order valence-electron chi connectivity index (χ4n) is 2.21. The van der Waals surface area contributed by atoms with Crippen LogP contribution in [0.1, 0.15) is 31.0 Å². The summed E-state index contributed by atoms with van der Waals surface area (Å²) < 4.78 is 0. The third kappa shape index (κ3) is 4.89. The lowest BCUT2D eigenvalue weighted by molar-refractivity contribution is 0.512. The molecular weight excluding hydrogens is 288 g/mol. The van der Waals surface area contributed by atoms with Crippen molar-refractivity contribution in [1.29, 1.82) is 0 Å². The van der Waals surface area contributed by atoms with Crippen molar-refractivity contribution in [1.82, 2.24) is 10.3 Å². The fraction of sp³-hybridized carbons (Fsp3) is 0.438. The minimum Gasteiger partial charge on any atom is -0.316 e. The molecule has 1 heterocycles. The number of thiazole rings is 1. The Morgan fingerprint density at radius 3 is 2.80 bits per heavy atom. The van der Waals surface area contributed by atoms with Crippen LogP contribution in [-0.2, 0) is 6.42 Å². The number of rotatable bonds is 7. The van der Waals surface area contributed by atoms with Crippen molar-refractivity contribution in [3.8, 4) is 0 Å². The highest BCUT2D eigenvalue weighted by molar-refractivity contribution is 7.07. The number of aromatic nitrogens is 1. The Hall–Kier alpha value is -0.900. The number of benzene rings is 1. The van der Waals surface area contributed by atoms with E-state index in [0.717, 1.165) is 30.2 Å². The molecule has 0 aliphatic heterocycles. The van der Waals surface area contributed by atoms with Crippen LogP contribution in [0, 0.1) is 5.92 Å². The van der Waals surface area contributed by atoms with Gasteiger partial charge >= 0.3 is 0 Å². The van der Waals surface area contributed by atoms with Gasteiger partial charge in [0.05, 0.1) is 11.2 Å². The van der Waals surface area contributed by atoms with Crippen LogP contribution in [0.15, 0.2) is 35.2 Å². The normalized spacial score (nSPS) is 12.8. The van der Waals surface area contributed by atoms with E-state index in [-0.39, 0.29) is 0 Å². The molecule has 0 bridgehead atoms. The molecule has 0 spiro atoms. The molecule has 1 atom stereocenters. The van der Waals surface area contributed by atoms with Gasteiger partial charge in [0.1, 0.15) is 0 Å². The molecular formula is C16H21ClN2S. The minimum absolute atomic E-state index is 0.412. The predicted octanol–water partition coefficient (Wildman–Crippen LogP) is 4.37. The summed E-state index contributed by atoms with van der Waals surface area (Å²) in [7, 11) is 0. The van der Waals surface area contributed by atoms with Gasteiger partial charge in [-0.15, -0.1) is 11.3 Å². The molecule has 1 N–H and O–H groups in total. The summed E-state index contributed by atoms with van der Waals surface area (Å²) in [5, 5.41) is 6.47. The summed E-state index contributed by atoms with van der Waals surface area (Å²) in [4.78, 5) is 4.40. The van der Waals surface area contributed by atoms with Gasteiger partial charge in [-0.25, -0.2) is 4.98 Å². The van der Waals surface area contributed by atoms with Gasteiger partial charge in [-0.05, 0) is 36.6 Å². The standard InChI is InChI=1S/C16H21ClN2S/c1-12(2)8-18-9-14(7-16-10-20-11-19-16)13-4-3-5-15(17)6-13/h3-6,10-12,14,18H,7-9H2,1-2H3. The second-order valence-electron chi connectivity index (χ2n) is 5.49. The molecule has 2 aromatic rings. The van der Waals surface area contributed by atoms with Gasteiger partial charge in [0, 0.05) is 22.9 Å². The largest absolute Gasteiger partial charge is 0.316 e. The summed E-state index contributed by atoms with van der Waals surface area (Å²) in [5.41, 5.74) is 4.33. The zero-order chi connectivity index (χ0) is 14.4. The molecule has 1 unspecified atom stereocenters. The van der Waals surface area contributed by atoms with E-state index in [1.54, 1.807) is 11.3 Å². The van der Waals surface area contributed by atoms with Gasteiger partial charge in [-0.2, -0.15) is 0 Å². The molecule has 0 fully saturated rings. The second kappa shape index (κ2) is 7.77. The van der Waals surface area contributed by atoms with Crippen LogP contribution in [0.2, 0.25) is 5.02 Å². The molecule has 20 heavy (non-hydrogen) atoms. The number of hydrogen-bond donors (Lipinski definition) is 1. The first kappa shape index (κ1) is 15.5. The molecule has 0 radical (unpaired) electrons. The van der Waals surface area contributed by atoms with Crippen molar-refractivity contribution in [2.75, 3.05) is 13.1 Å². The Bertz CT molecular complexity index is 511. The third-order valence-corrected chi connectivity index (χ3v) is 4.07. The average Bonchev–Trinajstić information content (AvgIpc) is 2.90. The lowest BCUT2D eigenvalue weighted by Crippen LogP contribution is -2.26. The molecule has 108 valence electrons. The van der Waals surface area contributed by atoms with Crippen molar-refractivity contribution >= 4 is 22.9 Å². The van der Waals surface area contributed by atoms with Gasteiger partial charge < -0.3 is 5.32 Å². The average molecular weight is 309 g/mol. The fourth-order valence-corrected chi connectivity index (χ4v) is 2.98. The van der Waals surface area contributed by atoms with E-state index in [0.29, 0.717) is 11.8 Å². The Kier molecular flexibility index (Phi) is 6.02. The van der Waals surface area contributed by atoms with Crippen LogP contribution in [0.3, 0.4) is 0 Å². The molecule has 0 amide bonds. The quantitative estimate of drug-likeness (QED) is 0.821. The van der Waals surface area contributed by atoms with Gasteiger partial charge in [-0.3, -0.25) is 0 Å². The van der Waals surface area contributed by atoms with Crippen molar-refractivity contribution in [2.45, 2.75) is 26.2 Å². The smallest absolute Gasteiger partial charge is 0.0794 e. The molecule has 2 nitrogen and oxygen atoms in total. The lowest BCUT2D eigenvalue weighted by Gasteiger charge is -2.18. The van der Waals surface area contributed by atoms with E-state index in [9.17, 15) is 0 Å². The van der Waals surface area contributed by atoms with Crippen molar-refractivity contribution in [3.05, 3.63) is 51.4 Å². The first-order valence-electron chi connectivity index (χ1n) is 6.98. The lowest BCUT2D eigenvalue weighted by atomic mass is 9.94. The minimum atomic E-state index is 0.412. The highest BCUT2D eigenvalue weighted by Crippen LogP contribution is 2.23. The van der Waals surface area contributed by atoms with E-state index < -0.39 is 0 Å². The maximum atomic E-state index is 6.12. The second-order valence-corrected chi connectivity index (χ2v) is 6.64. The maximum absolute atomic E-state index is 6.12. The van der Waals surface area contributed by atoms with Crippen LogP contribution in [-0.4, -0.2) is 18.1 Å². The highest BCUT2D eigenvalue weighted by atomic mass is 35.5. The molecule has 4 heteroatoms. The molecule has 1 aromatic heterocycles. The Morgan fingerprint density at radius 1 is 1.30 bits per heavy atom. The zero-order valence-corrected chi connectivity index (χ0v) is 13.5. The SMILES string of the molecule is CC(C)CNCC(Cc1cscn1)c1cccc(Cl)c1. The Labute approximate surface area is 130 Å². The topological polar surface area (TPSA) is 24.9 Å². The Morgan fingerprint density at radius 2 is 2.15 bits per heavy atom. The molecule has 0 saturated heterocycles. The summed E-state index contributed by atoms with van der Waals surface area (Å²) >= 11 is 7.77. The first-order valence-corrected chi connectivity index (χ1v) is 8.30. The van der Waals surface area contributed by atoms with Crippen LogP contribution in [0.4, 0.5) is 0 Å². The van der Waals surface area contributed by atoms with Crippen molar-refractivity contribution < 1.29 is 0 Å². The molecule has 2 rings (SSSR count). The third-order valence-electron chi connectivity index (χ3n) is 3.20. The van der Waals surface area contributed by atoms with E-state index in [1.807, 2.05) is 17.6 Å². The molecule has 0 aliphatic carbocycles. The first-order chi connectivity index (χ1) is 9.65. The summed E-state index contributed by atoms with van der Waals surface area (Å²) in [6.07, 6.45) is 0.953. The van der Waals surface area contributed by atoms with Crippen molar-refractivity contribution in [2.24, 2.45) is 5.92 Å². The monoisotopic (exact) mass is 308 g/mol. The van der Waals surface area contributed by atoms with Crippen molar-refractivity contribution in [3.63, 3.8) is 0 Å².